The van der Waals surface area contributed by atoms with Crippen molar-refractivity contribution in [2.45, 2.75) is 179 Å². The molecule has 1 aliphatic carbocycles. The van der Waals surface area contributed by atoms with Crippen LogP contribution in [0.3, 0.4) is 0 Å². The fourth-order valence-electron chi connectivity index (χ4n) is 11.4. The second-order valence-electron chi connectivity index (χ2n) is 24.0. The van der Waals surface area contributed by atoms with Gasteiger partial charge in [0.2, 0.25) is 0 Å². The van der Waals surface area contributed by atoms with E-state index in [0.717, 1.165) is 55.2 Å². The first-order chi connectivity index (χ1) is 25.7. The molecule has 57 heavy (non-hydrogen) atoms. The minimum absolute atomic E-state index is 0.116. The van der Waals surface area contributed by atoms with Gasteiger partial charge in [0.15, 0.2) is 0 Å². The highest BCUT2D eigenvalue weighted by Gasteiger charge is 2.40. The van der Waals surface area contributed by atoms with Gasteiger partial charge >= 0.3 is 0 Å². The lowest BCUT2D eigenvalue weighted by Gasteiger charge is -2.42. The molecule has 1 aliphatic rings. The SMILES string of the molecule is CC1=CC(C)(Cc2ccc(O)c(C(C)(C)CC(C)(C)C)c2)C(Cc2ccc(O)c(C(C)(C)CC(C)(C)C)c2)C(C)=C1Cc1ccc(O)c(C(C)(C)CC(C)(C)C)c1. The molecule has 0 aromatic heterocycles. The Labute approximate surface area is 349 Å². The second-order valence-corrected chi connectivity index (χ2v) is 24.0. The second kappa shape index (κ2) is 16.0. The predicted octanol–water partition coefficient (Wildman–Crippen LogP) is 14.9. The lowest BCUT2D eigenvalue weighted by atomic mass is 9.62. The Morgan fingerprint density at radius 3 is 1.26 bits per heavy atom. The quantitative estimate of drug-likeness (QED) is 0.172. The summed E-state index contributed by atoms with van der Waals surface area (Å²) in [6, 6.07) is 18.9. The van der Waals surface area contributed by atoms with E-state index in [9.17, 15) is 15.3 Å². The first kappa shape index (κ1) is 46.2. The number of benzene rings is 3. The molecule has 0 aliphatic heterocycles. The first-order valence-corrected chi connectivity index (χ1v) is 21.6. The monoisotopic (exact) mass is 777 g/mol. The molecule has 0 heterocycles. The highest BCUT2D eigenvalue weighted by Crippen LogP contribution is 2.50. The number of phenolic OH excluding ortho intramolecular Hbond substituents is 3. The van der Waals surface area contributed by atoms with Gasteiger partial charge in [0.25, 0.3) is 0 Å². The van der Waals surface area contributed by atoms with Crippen LogP contribution in [-0.4, -0.2) is 15.3 Å². The molecule has 0 amide bonds. The van der Waals surface area contributed by atoms with Crippen LogP contribution in [0.25, 0.3) is 0 Å². The summed E-state index contributed by atoms with van der Waals surface area (Å²) >= 11 is 0. The topological polar surface area (TPSA) is 60.7 Å². The Hall–Kier alpha value is -3.46. The van der Waals surface area contributed by atoms with Gasteiger partial charge in [0, 0.05) is 0 Å². The Bertz CT molecular complexity index is 1980. The molecule has 0 spiro atoms. The van der Waals surface area contributed by atoms with Crippen LogP contribution in [0.15, 0.2) is 77.4 Å². The van der Waals surface area contributed by atoms with Crippen LogP contribution in [0.4, 0.5) is 0 Å². The smallest absolute Gasteiger partial charge is 0.119 e. The van der Waals surface area contributed by atoms with Crippen LogP contribution in [0.2, 0.25) is 0 Å². The Balaban J connectivity index is 1.85. The molecule has 0 radical (unpaired) electrons. The van der Waals surface area contributed by atoms with E-state index in [1.807, 2.05) is 18.2 Å². The molecule has 0 fully saturated rings. The summed E-state index contributed by atoms with van der Waals surface area (Å²) in [5.74, 6) is 1.30. The molecule has 0 bridgehead atoms. The Kier molecular flexibility index (Phi) is 12.9. The molecule has 3 N–H and O–H groups in total. The summed E-state index contributed by atoms with van der Waals surface area (Å²) in [6.07, 6.45) is 7.89. The summed E-state index contributed by atoms with van der Waals surface area (Å²) in [6.45, 7) is 41.0. The van der Waals surface area contributed by atoms with Crippen LogP contribution in [0.5, 0.6) is 17.2 Å². The number of aromatic hydroxyl groups is 3. The van der Waals surface area contributed by atoms with E-state index in [-0.39, 0.29) is 43.8 Å². The fraction of sp³-hybridized carbons (Fsp3) is 0.593. The van der Waals surface area contributed by atoms with Crippen molar-refractivity contribution < 1.29 is 15.3 Å². The average Bonchev–Trinajstić information content (AvgIpc) is 3.00. The highest BCUT2D eigenvalue weighted by molar-refractivity contribution is 5.50. The summed E-state index contributed by atoms with van der Waals surface area (Å²) in [5.41, 5.74) is 10.4. The molecule has 0 saturated heterocycles. The third-order valence-corrected chi connectivity index (χ3v) is 12.5. The van der Waals surface area contributed by atoms with E-state index in [1.165, 1.54) is 33.4 Å². The van der Waals surface area contributed by atoms with Crippen molar-refractivity contribution in [2.75, 3.05) is 0 Å². The molecule has 4 rings (SSSR count). The summed E-state index contributed by atoms with van der Waals surface area (Å²) in [7, 11) is 0. The van der Waals surface area contributed by atoms with E-state index in [0.29, 0.717) is 17.2 Å². The molecule has 3 aromatic carbocycles. The largest absolute Gasteiger partial charge is 0.508 e. The molecular weight excluding hydrogens is 697 g/mol. The highest BCUT2D eigenvalue weighted by atomic mass is 16.3. The first-order valence-electron chi connectivity index (χ1n) is 21.6. The molecule has 2 unspecified atom stereocenters. The van der Waals surface area contributed by atoms with Gasteiger partial charge in [-0.1, -0.05) is 164 Å². The summed E-state index contributed by atoms with van der Waals surface area (Å²) in [4.78, 5) is 0. The zero-order valence-electron chi connectivity index (χ0n) is 39.4. The maximum absolute atomic E-state index is 11.3. The summed E-state index contributed by atoms with van der Waals surface area (Å²) < 4.78 is 0. The van der Waals surface area contributed by atoms with Crippen LogP contribution < -0.4 is 0 Å². The Morgan fingerprint density at radius 2 is 0.860 bits per heavy atom. The van der Waals surface area contributed by atoms with Crippen molar-refractivity contribution in [1.29, 1.82) is 0 Å². The van der Waals surface area contributed by atoms with E-state index in [2.05, 4.69) is 167 Å². The zero-order chi connectivity index (χ0) is 43.3. The third kappa shape index (κ3) is 11.6. The van der Waals surface area contributed by atoms with Crippen LogP contribution in [0.1, 0.15) is 177 Å². The van der Waals surface area contributed by atoms with Gasteiger partial charge in [0.1, 0.15) is 17.2 Å². The van der Waals surface area contributed by atoms with Gasteiger partial charge in [-0.25, -0.2) is 0 Å². The number of phenols is 3. The number of allylic oxidation sites excluding steroid dienone is 4. The van der Waals surface area contributed by atoms with E-state index in [4.69, 9.17) is 0 Å². The van der Waals surface area contributed by atoms with Crippen molar-refractivity contribution in [2.24, 2.45) is 27.6 Å². The number of hydrogen-bond donors (Lipinski definition) is 3. The normalized spacial score (nSPS) is 18.9. The average molecular weight is 777 g/mol. The van der Waals surface area contributed by atoms with E-state index < -0.39 is 0 Å². The van der Waals surface area contributed by atoms with E-state index >= 15 is 0 Å². The number of hydrogen-bond acceptors (Lipinski definition) is 3. The van der Waals surface area contributed by atoms with Gasteiger partial charge in [-0.15, -0.1) is 0 Å². The van der Waals surface area contributed by atoms with Crippen LogP contribution in [0, 0.1) is 27.6 Å². The summed E-state index contributed by atoms with van der Waals surface area (Å²) in [5, 5.41) is 33.6. The van der Waals surface area contributed by atoms with Crippen molar-refractivity contribution >= 4 is 0 Å². The molecular formula is C54H80O3. The van der Waals surface area contributed by atoms with Crippen molar-refractivity contribution in [3.8, 4) is 17.2 Å². The fourth-order valence-corrected chi connectivity index (χ4v) is 11.4. The Morgan fingerprint density at radius 1 is 0.509 bits per heavy atom. The standard InChI is InChI=1S/C54H80O3/c1-35-30-54(18,31-39-21-24-47(57)44(29-39)53(16,17)34-50(9,10)11)41(26-38-20-23-46(56)43(28-38)52(14,15)33-49(6,7)8)36(2)40(35)25-37-19-22-45(55)42(27-37)51(12,13)32-48(3,4)5/h19-24,27-30,41,55-57H,25-26,31-34H2,1-18H3. The third-order valence-electron chi connectivity index (χ3n) is 12.5. The van der Waals surface area contributed by atoms with Gasteiger partial charge in [-0.2, -0.15) is 0 Å². The molecule has 3 nitrogen and oxygen atoms in total. The zero-order valence-corrected chi connectivity index (χ0v) is 39.4. The minimum Gasteiger partial charge on any atom is -0.508 e. The van der Waals surface area contributed by atoms with Crippen molar-refractivity contribution in [3.63, 3.8) is 0 Å². The lowest BCUT2D eigenvalue weighted by molar-refractivity contribution is 0.272. The molecule has 0 saturated carbocycles. The van der Waals surface area contributed by atoms with Crippen molar-refractivity contribution in [1.82, 2.24) is 0 Å². The lowest BCUT2D eigenvalue weighted by Crippen LogP contribution is -2.35. The van der Waals surface area contributed by atoms with Gasteiger partial charge in [-0.3, -0.25) is 0 Å². The maximum Gasteiger partial charge on any atom is 0.119 e. The van der Waals surface area contributed by atoms with Gasteiger partial charge in [0.05, 0.1) is 0 Å². The maximum atomic E-state index is 11.3. The van der Waals surface area contributed by atoms with Gasteiger partial charge < -0.3 is 15.3 Å². The molecule has 3 heteroatoms. The molecule has 2 atom stereocenters. The molecule has 3 aromatic rings. The van der Waals surface area contributed by atoms with Gasteiger partial charge in [-0.05, 0) is 153 Å². The van der Waals surface area contributed by atoms with Crippen LogP contribution >= 0.6 is 0 Å². The minimum atomic E-state index is -0.214. The van der Waals surface area contributed by atoms with Crippen LogP contribution in [-0.2, 0) is 35.5 Å². The molecule has 314 valence electrons. The number of rotatable bonds is 12. The predicted molar refractivity (Wildman–Crippen MR) is 245 cm³/mol. The van der Waals surface area contributed by atoms with Crippen molar-refractivity contribution in [3.05, 3.63) is 111 Å². The van der Waals surface area contributed by atoms with E-state index in [1.54, 1.807) is 0 Å².